The van der Waals surface area contributed by atoms with Crippen LogP contribution in [0, 0.1) is 22.7 Å². The summed E-state index contributed by atoms with van der Waals surface area (Å²) in [5, 5.41) is 0. The van der Waals surface area contributed by atoms with Gasteiger partial charge < -0.3 is 9.79 Å². The molecule has 2 N–H and O–H groups in total. The summed E-state index contributed by atoms with van der Waals surface area (Å²) in [7, 11) is -3.13. The predicted molar refractivity (Wildman–Crippen MR) is 75.7 cm³/mol. The van der Waals surface area contributed by atoms with E-state index in [1.165, 1.54) is 38.5 Å². The van der Waals surface area contributed by atoms with Crippen LogP contribution in [0.5, 0.6) is 0 Å². The zero-order chi connectivity index (χ0) is 14.0. The van der Waals surface area contributed by atoms with Crippen molar-refractivity contribution >= 4 is 8.25 Å². The third kappa shape index (κ3) is 2.84. The summed E-state index contributed by atoms with van der Waals surface area (Å²) >= 11 is 0. The molecule has 2 rings (SSSR count). The highest BCUT2D eigenvalue weighted by Crippen LogP contribution is 2.71. The number of fused-ring (bicyclic) bond motifs is 1. The predicted octanol–water partition coefficient (Wildman–Crippen LogP) is 4.00. The first-order valence-electron chi connectivity index (χ1n) is 7.19. The molecule has 2 aliphatic carbocycles. The minimum atomic E-state index is -3.13. The van der Waals surface area contributed by atoms with Crippen LogP contribution in [0.3, 0.4) is 0 Å². The van der Waals surface area contributed by atoms with Crippen molar-refractivity contribution in [2.45, 2.75) is 66.2 Å². The number of hydrogen-bond donors (Lipinski definition) is 2. The van der Waals surface area contributed by atoms with Crippen molar-refractivity contribution < 1.29 is 14.4 Å². The lowest BCUT2D eigenvalue weighted by atomic mass is 9.37. The van der Waals surface area contributed by atoms with Gasteiger partial charge in [-0.1, -0.05) is 40.5 Å². The average molecular weight is 276 g/mol. The molecule has 2 fully saturated rings. The molecule has 0 aromatic carbocycles. The Labute approximate surface area is 112 Å². The van der Waals surface area contributed by atoms with E-state index in [0.29, 0.717) is 5.41 Å². The van der Waals surface area contributed by atoms with Crippen molar-refractivity contribution in [3.63, 3.8) is 0 Å². The Morgan fingerprint density at radius 3 is 2.00 bits per heavy atom. The lowest BCUT2D eigenvalue weighted by molar-refractivity contribution is -0.183. The van der Waals surface area contributed by atoms with Crippen LogP contribution in [-0.4, -0.2) is 9.79 Å². The number of rotatable bonds is 4. The normalized spacial score (nSPS) is 31.6. The highest BCUT2D eigenvalue weighted by molar-refractivity contribution is 7.30. The molecule has 0 radical (unpaired) electrons. The quantitative estimate of drug-likeness (QED) is 0.763. The van der Waals surface area contributed by atoms with E-state index in [0.717, 1.165) is 17.3 Å². The largest absolute Gasteiger partial charge is 0.326 e. The number of hydrogen-bond acceptors (Lipinski definition) is 1. The van der Waals surface area contributed by atoms with Crippen molar-refractivity contribution in [3.8, 4) is 0 Å². The van der Waals surface area contributed by atoms with Crippen LogP contribution in [0.2, 0.25) is 0 Å². The Kier molecular flexibility index (Phi) is 5.46. The maximum Gasteiger partial charge on any atom is 0.314 e. The first-order valence-corrected chi connectivity index (χ1v) is 8.50. The van der Waals surface area contributed by atoms with Crippen molar-refractivity contribution in [2.75, 3.05) is 0 Å². The van der Waals surface area contributed by atoms with Crippen molar-refractivity contribution in [1.29, 1.82) is 0 Å². The molecule has 18 heavy (non-hydrogen) atoms. The van der Waals surface area contributed by atoms with E-state index < -0.39 is 8.25 Å². The van der Waals surface area contributed by atoms with Gasteiger partial charge in [0.2, 0.25) is 0 Å². The van der Waals surface area contributed by atoms with Gasteiger partial charge in [0.25, 0.3) is 0 Å². The first-order chi connectivity index (χ1) is 8.28. The minimum absolute atomic E-state index is 0.601. The fourth-order valence-electron chi connectivity index (χ4n) is 4.12. The molecule has 0 aliphatic heterocycles. The Morgan fingerprint density at radius 1 is 1.33 bits per heavy atom. The van der Waals surface area contributed by atoms with Crippen LogP contribution in [0.1, 0.15) is 66.2 Å². The van der Waals surface area contributed by atoms with Gasteiger partial charge in [-0.05, 0) is 48.3 Å². The van der Waals surface area contributed by atoms with Gasteiger partial charge in [-0.3, -0.25) is 4.57 Å². The fourth-order valence-corrected chi connectivity index (χ4v) is 4.12. The molecule has 4 heteroatoms. The third-order valence-corrected chi connectivity index (χ3v) is 5.90. The van der Waals surface area contributed by atoms with E-state index in [1.54, 1.807) is 0 Å². The Bertz CT molecular complexity index is 289. The van der Waals surface area contributed by atoms with Crippen molar-refractivity contribution in [3.05, 3.63) is 0 Å². The summed E-state index contributed by atoms with van der Waals surface area (Å²) in [6, 6.07) is 0. The van der Waals surface area contributed by atoms with Gasteiger partial charge in [0.15, 0.2) is 0 Å². The van der Waals surface area contributed by atoms with E-state index in [1.807, 2.05) is 0 Å². The first kappa shape index (κ1) is 16.2. The molecule has 0 aromatic rings. The molecule has 0 heterocycles. The smallest absolute Gasteiger partial charge is 0.314 e. The summed E-state index contributed by atoms with van der Waals surface area (Å²) in [6.07, 6.45) is 8.88. The third-order valence-electron chi connectivity index (χ3n) is 5.90. The van der Waals surface area contributed by atoms with Gasteiger partial charge in [-0.25, -0.2) is 0 Å². The van der Waals surface area contributed by atoms with Gasteiger partial charge in [0.1, 0.15) is 0 Å². The molecule has 0 bridgehead atoms. The summed E-state index contributed by atoms with van der Waals surface area (Å²) in [6.45, 7) is 9.88. The molecule has 0 amide bonds. The molecule has 0 saturated heterocycles. The molecule has 108 valence electrons. The Hall–Kier alpha value is 0.150. The lowest BCUT2D eigenvalue weighted by Crippen LogP contribution is -2.59. The second-order valence-corrected chi connectivity index (χ2v) is 7.19. The molecule has 2 aliphatic rings. The van der Waals surface area contributed by atoms with Gasteiger partial charge in [0.05, 0.1) is 0 Å². The molecule has 2 saturated carbocycles. The van der Waals surface area contributed by atoms with Crippen LogP contribution in [0.4, 0.5) is 0 Å². The zero-order valence-corrected chi connectivity index (χ0v) is 13.2. The summed E-state index contributed by atoms with van der Waals surface area (Å²) in [4.78, 5) is 14.3. The van der Waals surface area contributed by atoms with Crippen LogP contribution >= 0.6 is 8.25 Å². The van der Waals surface area contributed by atoms with Crippen LogP contribution < -0.4 is 0 Å². The maximum atomic E-state index is 8.74. The summed E-state index contributed by atoms with van der Waals surface area (Å²) in [5.41, 5.74) is 1.38. The van der Waals surface area contributed by atoms with E-state index in [9.17, 15) is 0 Å². The van der Waals surface area contributed by atoms with Crippen LogP contribution in [0.15, 0.2) is 0 Å². The van der Waals surface area contributed by atoms with Gasteiger partial charge in [0, 0.05) is 0 Å². The van der Waals surface area contributed by atoms with Crippen LogP contribution in [-0.2, 0) is 4.57 Å². The summed E-state index contributed by atoms with van der Waals surface area (Å²) < 4.78 is 8.74. The molecule has 1 atom stereocenters. The van der Waals surface area contributed by atoms with Crippen molar-refractivity contribution in [1.82, 2.24) is 0 Å². The van der Waals surface area contributed by atoms with E-state index in [4.69, 9.17) is 14.4 Å². The fraction of sp³-hybridized carbons (Fsp3) is 1.00. The van der Waals surface area contributed by atoms with Gasteiger partial charge in [-0.2, -0.15) is 0 Å². The van der Waals surface area contributed by atoms with E-state index in [-0.39, 0.29) is 0 Å². The molecule has 0 aromatic heterocycles. The monoisotopic (exact) mass is 276 g/mol. The topological polar surface area (TPSA) is 57.5 Å². The maximum absolute atomic E-state index is 8.74. The standard InChI is InChI=1S/C14H26.H3O3P/c1-5-6-11(2)13(3,4)14-9-7-12(14)8-10-14;1-4(2)3/h11-12H,5-10H2,1-4H3;4H,(H2,1,2,3). The second-order valence-electron chi connectivity index (χ2n) is 6.62. The highest BCUT2D eigenvalue weighted by Gasteiger charge is 2.61. The van der Waals surface area contributed by atoms with E-state index >= 15 is 0 Å². The van der Waals surface area contributed by atoms with Gasteiger partial charge >= 0.3 is 8.25 Å². The van der Waals surface area contributed by atoms with Gasteiger partial charge in [-0.15, -0.1) is 0 Å². The second kappa shape index (κ2) is 6.07. The zero-order valence-electron chi connectivity index (χ0n) is 12.2. The lowest BCUT2D eigenvalue weighted by Gasteiger charge is -2.68. The Morgan fingerprint density at radius 2 is 1.78 bits per heavy atom. The summed E-state index contributed by atoms with van der Waals surface area (Å²) in [5.74, 6) is 2.02. The Balaban J connectivity index is 0.000000357. The molecule has 0 spiro atoms. The van der Waals surface area contributed by atoms with E-state index in [2.05, 4.69) is 27.7 Å². The molecular formula is C14H29O3P. The van der Waals surface area contributed by atoms with Crippen LogP contribution in [0.25, 0.3) is 0 Å². The molecule has 1 unspecified atom stereocenters. The van der Waals surface area contributed by atoms with Crippen molar-refractivity contribution in [2.24, 2.45) is 22.7 Å². The average Bonchev–Trinajstić information content (AvgIpc) is 2.22. The molecular weight excluding hydrogens is 247 g/mol. The SMILES string of the molecule is CCCC(C)C(C)(C)C12CCC1CC2.O=[PH](O)O. The molecule has 3 nitrogen and oxygen atoms in total. The minimum Gasteiger partial charge on any atom is -0.326 e. The highest BCUT2D eigenvalue weighted by atomic mass is 31.1.